The number of hydrogen-bond acceptors (Lipinski definition) is 2. The summed E-state index contributed by atoms with van der Waals surface area (Å²) in [6.45, 7) is 4.31. The zero-order valence-electron chi connectivity index (χ0n) is 17.0. The molecule has 3 aromatic carbocycles. The maximum Gasteiger partial charge on any atom is 0.158 e. The van der Waals surface area contributed by atoms with Crippen LogP contribution in [0.15, 0.2) is 108 Å². The van der Waals surface area contributed by atoms with Gasteiger partial charge in [-0.15, -0.1) is 0 Å². The topological polar surface area (TPSA) is 29.4 Å². The first-order valence-electron chi connectivity index (χ1n) is 10.0. The zero-order chi connectivity index (χ0) is 20.3. The number of allylic oxidation sites excluding steroid dienone is 2. The molecule has 3 heteroatoms. The van der Waals surface area contributed by atoms with E-state index in [0.717, 1.165) is 12.1 Å². The van der Waals surface area contributed by atoms with Gasteiger partial charge < -0.3 is 0 Å². The lowest BCUT2D eigenvalue weighted by Gasteiger charge is -2.31. The molecule has 0 saturated carbocycles. The molecule has 0 bridgehead atoms. The van der Waals surface area contributed by atoms with E-state index in [1.165, 1.54) is 15.9 Å². The van der Waals surface area contributed by atoms with Crippen LogP contribution in [0.25, 0.3) is 0 Å². The summed E-state index contributed by atoms with van der Waals surface area (Å²) in [6.07, 6.45) is 3.17. The molecule has 0 unspecified atom stereocenters. The second-order valence-corrected chi connectivity index (χ2v) is 11.4. The van der Waals surface area contributed by atoms with Gasteiger partial charge in [0.15, 0.2) is 5.78 Å². The Morgan fingerprint density at radius 1 is 0.690 bits per heavy atom. The Morgan fingerprint density at radius 3 is 1.48 bits per heavy atom. The van der Waals surface area contributed by atoms with E-state index < -0.39 is 7.05 Å². The number of rotatable bonds is 4. The van der Waals surface area contributed by atoms with Crippen molar-refractivity contribution in [3.8, 4) is 0 Å². The van der Waals surface area contributed by atoms with Crippen molar-refractivity contribution in [3.05, 3.63) is 103 Å². The van der Waals surface area contributed by atoms with Crippen LogP contribution in [0, 0.1) is 5.41 Å². The van der Waals surface area contributed by atoms with E-state index in [1.54, 1.807) is 6.08 Å². The fourth-order valence-electron chi connectivity index (χ4n) is 4.12. The van der Waals surface area contributed by atoms with Crippen LogP contribution in [0.3, 0.4) is 0 Å². The molecule has 0 atom stereocenters. The van der Waals surface area contributed by atoms with Gasteiger partial charge in [-0.05, 0) is 11.8 Å². The summed E-state index contributed by atoms with van der Waals surface area (Å²) in [5.41, 5.74) is 0.848. The summed E-state index contributed by atoms with van der Waals surface area (Å²) in [5.74, 6) is 0.173. The highest BCUT2D eigenvalue weighted by atomic mass is 31.2. The third-order valence-corrected chi connectivity index (χ3v) is 9.00. The molecule has 0 aliphatic heterocycles. The van der Waals surface area contributed by atoms with Gasteiger partial charge in [-0.3, -0.25) is 9.54 Å². The van der Waals surface area contributed by atoms with Gasteiger partial charge in [-0.25, -0.2) is 0 Å². The van der Waals surface area contributed by atoms with Gasteiger partial charge in [-0.1, -0.05) is 105 Å². The van der Waals surface area contributed by atoms with Crippen molar-refractivity contribution in [2.45, 2.75) is 26.7 Å². The van der Waals surface area contributed by atoms with Gasteiger partial charge in [0.05, 0.1) is 7.05 Å². The first-order valence-corrected chi connectivity index (χ1v) is 11.8. The lowest BCUT2D eigenvalue weighted by molar-refractivity contribution is -0.117. The van der Waals surface area contributed by atoms with Crippen LogP contribution in [0.4, 0.5) is 0 Å². The van der Waals surface area contributed by atoms with Gasteiger partial charge in [0, 0.05) is 34.1 Å². The second-order valence-electron chi connectivity index (χ2n) is 8.36. The molecule has 1 aliphatic rings. The molecule has 0 fully saturated rings. The van der Waals surface area contributed by atoms with Crippen molar-refractivity contribution in [2.75, 3.05) is 0 Å². The monoisotopic (exact) mass is 399 g/mol. The van der Waals surface area contributed by atoms with Crippen molar-refractivity contribution in [3.63, 3.8) is 0 Å². The van der Waals surface area contributed by atoms with Gasteiger partial charge in [0.1, 0.15) is 0 Å². The predicted molar refractivity (Wildman–Crippen MR) is 124 cm³/mol. The third kappa shape index (κ3) is 4.04. The average Bonchev–Trinajstić information content (AvgIpc) is 2.72. The van der Waals surface area contributed by atoms with Crippen LogP contribution in [0.5, 0.6) is 0 Å². The fraction of sp³-hybridized carbons (Fsp3) is 0.192. The minimum absolute atomic E-state index is 0.0651. The van der Waals surface area contributed by atoms with Crippen LogP contribution < -0.4 is 15.9 Å². The SMILES string of the molecule is CC1(C)CC(=O)C=C(N=P(c2ccccc2)(c2ccccc2)c2ccccc2)C1. The Balaban J connectivity index is 2.08. The number of benzene rings is 3. The molecule has 0 heterocycles. The van der Waals surface area contributed by atoms with Crippen molar-refractivity contribution >= 4 is 28.8 Å². The van der Waals surface area contributed by atoms with E-state index in [2.05, 4.69) is 86.6 Å². The summed E-state index contributed by atoms with van der Waals surface area (Å²) >= 11 is 0. The normalized spacial score (nSPS) is 16.2. The van der Waals surface area contributed by atoms with Crippen LogP contribution >= 0.6 is 7.05 Å². The standard InChI is InChI=1S/C26H26NOP/c1-26(2)19-21(18-22(28)20-26)27-29(23-12-6-3-7-13-23,24-14-8-4-9-15-24)25-16-10-5-11-17-25/h3-18H,19-20H2,1-2H3. The molecule has 0 spiro atoms. The molecule has 0 aromatic heterocycles. The molecule has 29 heavy (non-hydrogen) atoms. The molecule has 1 aliphatic carbocycles. The number of nitrogens with zero attached hydrogens (tertiary/aromatic N) is 1. The highest BCUT2D eigenvalue weighted by Crippen LogP contribution is 2.49. The van der Waals surface area contributed by atoms with E-state index in [-0.39, 0.29) is 11.2 Å². The molecule has 0 saturated heterocycles. The largest absolute Gasteiger partial charge is 0.295 e. The lowest BCUT2D eigenvalue weighted by Crippen LogP contribution is -2.26. The molecule has 3 aromatic rings. The van der Waals surface area contributed by atoms with Crippen molar-refractivity contribution in [1.29, 1.82) is 0 Å². The Hall–Kier alpha value is -2.70. The first-order chi connectivity index (χ1) is 14.0. The van der Waals surface area contributed by atoms with Crippen molar-refractivity contribution in [2.24, 2.45) is 10.2 Å². The zero-order valence-corrected chi connectivity index (χ0v) is 17.8. The molecule has 0 amide bonds. The summed E-state index contributed by atoms with van der Waals surface area (Å²) in [4.78, 5) is 12.5. The highest BCUT2D eigenvalue weighted by Gasteiger charge is 2.32. The van der Waals surface area contributed by atoms with Gasteiger partial charge in [0.25, 0.3) is 0 Å². The Labute approximate surface area is 173 Å². The second kappa shape index (κ2) is 7.97. The summed E-state index contributed by atoms with van der Waals surface area (Å²) < 4.78 is 5.48. The maximum atomic E-state index is 12.5. The Morgan fingerprint density at radius 2 is 1.10 bits per heavy atom. The van der Waals surface area contributed by atoms with E-state index in [0.29, 0.717) is 6.42 Å². The van der Waals surface area contributed by atoms with E-state index in [1.807, 2.05) is 18.2 Å². The lowest BCUT2D eigenvalue weighted by atomic mass is 9.79. The molecule has 2 nitrogen and oxygen atoms in total. The number of carbonyl (C=O) groups is 1. The Kier molecular flexibility index (Phi) is 5.39. The third-order valence-electron chi connectivity index (χ3n) is 5.31. The minimum atomic E-state index is -2.30. The van der Waals surface area contributed by atoms with E-state index in [9.17, 15) is 4.79 Å². The summed E-state index contributed by atoms with van der Waals surface area (Å²) in [6, 6.07) is 31.6. The Bertz CT molecular complexity index is 980. The molecule has 0 radical (unpaired) electrons. The number of carbonyl (C=O) groups excluding carboxylic acids is 1. The van der Waals surface area contributed by atoms with E-state index >= 15 is 0 Å². The maximum absolute atomic E-state index is 12.5. The smallest absolute Gasteiger partial charge is 0.158 e. The van der Waals surface area contributed by atoms with Crippen LogP contribution in [0.2, 0.25) is 0 Å². The fourth-order valence-corrected chi connectivity index (χ4v) is 7.69. The predicted octanol–water partition coefficient (Wildman–Crippen LogP) is 5.44. The number of ketones is 1. The quantitative estimate of drug-likeness (QED) is 0.538. The van der Waals surface area contributed by atoms with Gasteiger partial charge >= 0.3 is 0 Å². The summed E-state index contributed by atoms with van der Waals surface area (Å²) in [7, 11) is -2.30. The van der Waals surface area contributed by atoms with Gasteiger partial charge in [0.2, 0.25) is 0 Å². The highest BCUT2D eigenvalue weighted by molar-refractivity contribution is 7.87. The molecule has 4 rings (SSSR count). The molecular formula is C26H26NOP. The van der Waals surface area contributed by atoms with Gasteiger partial charge in [-0.2, -0.15) is 0 Å². The van der Waals surface area contributed by atoms with E-state index in [4.69, 9.17) is 4.74 Å². The average molecular weight is 399 g/mol. The molecule has 146 valence electrons. The van der Waals surface area contributed by atoms with Crippen LogP contribution in [-0.2, 0) is 4.79 Å². The minimum Gasteiger partial charge on any atom is -0.295 e. The molecular weight excluding hydrogens is 373 g/mol. The van der Waals surface area contributed by atoms with Crippen LogP contribution in [0.1, 0.15) is 26.7 Å². The molecule has 0 N–H and O–H groups in total. The van der Waals surface area contributed by atoms with Crippen molar-refractivity contribution in [1.82, 2.24) is 0 Å². The number of hydrogen-bond donors (Lipinski definition) is 0. The van der Waals surface area contributed by atoms with Crippen LogP contribution in [-0.4, -0.2) is 5.78 Å². The first kappa shape index (κ1) is 19.6. The van der Waals surface area contributed by atoms with Crippen molar-refractivity contribution < 1.29 is 4.79 Å². The summed E-state index contributed by atoms with van der Waals surface area (Å²) in [5, 5.41) is 3.61.